The van der Waals surface area contributed by atoms with Crippen LogP contribution in [0.2, 0.25) is 0 Å². The summed E-state index contributed by atoms with van der Waals surface area (Å²) in [6.07, 6.45) is -2.47. The molecule has 1 aliphatic rings. The van der Waals surface area contributed by atoms with Crippen molar-refractivity contribution in [3.8, 4) is 0 Å². The standard InChI is InChI=1S/C10H10F3NO/c11-10(12,13)7-3-4-8(14-5-7)9(15)6-1-2-6/h3-6,9,15H,1-2H2. The second-order valence-corrected chi connectivity index (χ2v) is 3.75. The number of nitrogens with zero attached hydrogens (tertiary/aromatic N) is 1. The van der Waals surface area contributed by atoms with E-state index in [9.17, 15) is 18.3 Å². The molecule has 82 valence electrons. The van der Waals surface area contributed by atoms with Gasteiger partial charge in [-0.05, 0) is 30.9 Å². The van der Waals surface area contributed by atoms with Crippen LogP contribution in [0.4, 0.5) is 13.2 Å². The Balaban J connectivity index is 2.16. The van der Waals surface area contributed by atoms with Crippen LogP contribution >= 0.6 is 0 Å². The minimum Gasteiger partial charge on any atom is -0.387 e. The maximum Gasteiger partial charge on any atom is 0.417 e. The molecule has 1 heterocycles. The number of halogens is 3. The van der Waals surface area contributed by atoms with Gasteiger partial charge in [0.15, 0.2) is 0 Å². The van der Waals surface area contributed by atoms with Gasteiger partial charge in [0.1, 0.15) is 0 Å². The van der Waals surface area contributed by atoms with Gasteiger partial charge in [0.05, 0.1) is 17.4 Å². The van der Waals surface area contributed by atoms with Gasteiger partial charge in [0.25, 0.3) is 0 Å². The molecule has 15 heavy (non-hydrogen) atoms. The average Bonchev–Trinajstić information content (AvgIpc) is 2.99. The first-order valence-electron chi connectivity index (χ1n) is 4.69. The van der Waals surface area contributed by atoms with Crippen molar-refractivity contribution in [1.82, 2.24) is 4.98 Å². The highest BCUT2D eigenvalue weighted by molar-refractivity contribution is 5.19. The van der Waals surface area contributed by atoms with Crippen LogP contribution in [0, 0.1) is 5.92 Å². The van der Waals surface area contributed by atoms with Crippen LogP contribution in [0.1, 0.15) is 30.2 Å². The van der Waals surface area contributed by atoms with Crippen molar-refractivity contribution in [3.05, 3.63) is 29.6 Å². The van der Waals surface area contributed by atoms with Gasteiger partial charge in [-0.1, -0.05) is 0 Å². The van der Waals surface area contributed by atoms with Crippen molar-refractivity contribution < 1.29 is 18.3 Å². The first-order valence-corrected chi connectivity index (χ1v) is 4.69. The van der Waals surface area contributed by atoms with E-state index in [1.807, 2.05) is 0 Å². The molecule has 1 aromatic rings. The van der Waals surface area contributed by atoms with Crippen molar-refractivity contribution in [2.75, 3.05) is 0 Å². The minimum atomic E-state index is -4.37. The van der Waals surface area contributed by atoms with Gasteiger partial charge in [-0.3, -0.25) is 4.98 Å². The molecule has 1 N–H and O–H groups in total. The number of alkyl halides is 3. The molecule has 0 spiro atoms. The maximum absolute atomic E-state index is 12.2. The van der Waals surface area contributed by atoms with Crippen LogP contribution in [0.15, 0.2) is 18.3 Å². The third-order valence-electron chi connectivity index (χ3n) is 2.49. The van der Waals surface area contributed by atoms with E-state index in [1.54, 1.807) is 0 Å². The molecule has 0 bridgehead atoms. The molecule has 2 rings (SSSR count). The third kappa shape index (κ3) is 2.28. The van der Waals surface area contributed by atoms with Crippen molar-refractivity contribution >= 4 is 0 Å². The molecule has 1 aromatic heterocycles. The monoisotopic (exact) mass is 217 g/mol. The Morgan fingerprint density at radius 1 is 1.33 bits per heavy atom. The Morgan fingerprint density at radius 3 is 2.40 bits per heavy atom. The molecule has 1 aliphatic carbocycles. The highest BCUT2D eigenvalue weighted by atomic mass is 19.4. The van der Waals surface area contributed by atoms with Crippen molar-refractivity contribution in [3.63, 3.8) is 0 Å². The minimum absolute atomic E-state index is 0.175. The first-order chi connectivity index (χ1) is 6.98. The Bertz CT molecular complexity index is 343. The number of hydrogen-bond donors (Lipinski definition) is 1. The number of aliphatic hydroxyl groups is 1. The van der Waals surface area contributed by atoms with Crippen LogP contribution in [-0.2, 0) is 6.18 Å². The Morgan fingerprint density at radius 2 is 2.00 bits per heavy atom. The van der Waals surface area contributed by atoms with Gasteiger partial charge in [0.2, 0.25) is 0 Å². The summed E-state index contributed by atoms with van der Waals surface area (Å²) in [7, 11) is 0. The van der Waals surface area contributed by atoms with Crippen LogP contribution in [0.25, 0.3) is 0 Å². The van der Waals surface area contributed by atoms with Gasteiger partial charge < -0.3 is 5.11 Å². The van der Waals surface area contributed by atoms with E-state index in [1.165, 1.54) is 6.07 Å². The largest absolute Gasteiger partial charge is 0.417 e. The predicted octanol–water partition coefficient (Wildman–Crippen LogP) is 2.54. The number of aromatic nitrogens is 1. The molecule has 2 nitrogen and oxygen atoms in total. The first kappa shape index (κ1) is 10.4. The summed E-state index contributed by atoms with van der Waals surface area (Å²) in [5.41, 5.74) is -0.459. The Labute approximate surface area is 84.8 Å². The van der Waals surface area contributed by atoms with E-state index in [0.717, 1.165) is 25.1 Å². The molecule has 0 aromatic carbocycles. The molecule has 0 saturated heterocycles. The van der Waals surface area contributed by atoms with Crippen LogP contribution in [0.5, 0.6) is 0 Å². The zero-order valence-corrected chi connectivity index (χ0v) is 7.83. The predicted molar refractivity (Wildman–Crippen MR) is 46.9 cm³/mol. The third-order valence-corrected chi connectivity index (χ3v) is 2.49. The molecule has 1 saturated carbocycles. The lowest BCUT2D eigenvalue weighted by Gasteiger charge is -2.10. The van der Waals surface area contributed by atoms with Gasteiger partial charge in [0, 0.05) is 6.20 Å². The van der Waals surface area contributed by atoms with E-state index in [0.29, 0.717) is 5.69 Å². The van der Waals surface area contributed by atoms with Crippen molar-refractivity contribution in [1.29, 1.82) is 0 Å². The molecule has 1 unspecified atom stereocenters. The molecular weight excluding hydrogens is 207 g/mol. The van der Waals surface area contributed by atoms with Crippen molar-refractivity contribution in [2.24, 2.45) is 5.92 Å². The van der Waals surface area contributed by atoms with Gasteiger partial charge in [-0.15, -0.1) is 0 Å². The number of hydrogen-bond acceptors (Lipinski definition) is 2. The van der Waals surface area contributed by atoms with Gasteiger partial charge >= 0.3 is 6.18 Å². The summed E-state index contributed by atoms with van der Waals surface area (Å²) >= 11 is 0. The van der Waals surface area contributed by atoms with E-state index in [2.05, 4.69) is 4.98 Å². The lowest BCUT2D eigenvalue weighted by atomic mass is 10.1. The van der Waals surface area contributed by atoms with Crippen LogP contribution < -0.4 is 0 Å². The smallest absolute Gasteiger partial charge is 0.387 e. The lowest BCUT2D eigenvalue weighted by Crippen LogP contribution is -2.08. The molecule has 1 fully saturated rings. The van der Waals surface area contributed by atoms with E-state index < -0.39 is 17.8 Å². The fourth-order valence-electron chi connectivity index (χ4n) is 1.40. The summed E-state index contributed by atoms with van der Waals surface area (Å²) in [5, 5.41) is 9.61. The molecule has 5 heteroatoms. The van der Waals surface area contributed by atoms with Crippen LogP contribution in [-0.4, -0.2) is 10.1 Å². The summed E-state index contributed by atoms with van der Waals surface area (Å²) in [5.74, 6) is 0.175. The molecule has 0 aliphatic heterocycles. The van der Waals surface area contributed by atoms with Gasteiger partial charge in [-0.2, -0.15) is 13.2 Å². The molecular formula is C10H10F3NO. The number of aliphatic hydroxyl groups excluding tert-OH is 1. The Kier molecular flexibility index (Phi) is 2.42. The summed E-state index contributed by atoms with van der Waals surface area (Å²) in [4.78, 5) is 3.64. The zero-order chi connectivity index (χ0) is 11.1. The SMILES string of the molecule is OC(c1ccc(C(F)(F)F)cn1)C1CC1. The summed E-state index contributed by atoms with van der Waals surface area (Å²) in [6, 6.07) is 2.19. The Hall–Kier alpha value is -1.10. The topological polar surface area (TPSA) is 33.1 Å². The quantitative estimate of drug-likeness (QED) is 0.825. The van der Waals surface area contributed by atoms with Gasteiger partial charge in [-0.25, -0.2) is 0 Å². The molecule has 1 atom stereocenters. The molecule has 0 amide bonds. The molecule has 0 radical (unpaired) electrons. The second kappa shape index (κ2) is 3.48. The normalized spacial score (nSPS) is 18.9. The summed E-state index contributed by atoms with van der Waals surface area (Å²) < 4.78 is 36.6. The maximum atomic E-state index is 12.2. The lowest BCUT2D eigenvalue weighted by molar-refractivity contribution is -0.137. The zero-order valence-electron chi connectivity index (χ0n) is 7.83. The van der Waals surface area contributed by atoms with E-state index in [-0.39, 0.29) is 5.92 Å². The van der Waals surface area contributed by atoms with E-state index in [4.69, 9.17) is 0 Å². The highest BCUT2D eigenvalue weighted by Crippen LogP contribution is 2.40. The number of rotatable bonds is 2. The fourth-order valence-corrected chi connectivity index (χ4v) is 1.40. The second-order valence-electron chi connectivity index (χ2n) is 3.75. The highest BCUT2D eigenvalue weighted by Gasteiger charge is 2.33. The van der Waals surface area contributed by atoms with E-state index >= 15 is 0 Å². The van der Waals surface area contributed by atoms with Crippen molar-refractivity contribution in [2.45, 2.75) is 25.1 Å². The average molecular weight is 217 g/mol. The summed E-state index contributed by atoms with van der Waals surface area (Å²) in [6.45, 7) is 0. The van der Waals surface area contributed by atoms with Crippen LogP contribution in [0.3, 0.4) is 0 Å². The fraction of sp³-hybridized carbons (Fsp3) is 0.500. The number of pyridine rings is 1.